The molecule has 3 aromatic rings. The second-order valence-electron chi connectivity index (χ2n) is 4.17. The van der Waals surface area contributed by atoms with E-state index in [-0.39, 0.29) is 0 Å². The number of nitrogens with zero attached hydrogens (tertiary/aromatic N) is 1. The number of pyridine rings is 1. The van der Waals surface area contributed by atoms with E-state index in [1.54, 1.807) is 12.4 Å². The number of H-pyrrole nitrogens is 1. The van der Waals surface area contributed by atoms with Crippen molar-refractivity contribution in [1.82, 2.24) is 9.97 Å². The van der Waals surface area contributed by atoms with Crippen LogP contribution in [0.1, 0.15) is 5.69 Å². The van der Waals surface area contributed by atoms with Crippen LogP contribution in [0.15, 0.2) is 42.7 Å². The third-order valence-electron chi connectivity index (χ3n) is 2.98. The molecule has 0 fully saturated rings. The Morgan fingerprint density at radius 1 is 1.12 bits per heavy atom. The summed E-state index contributed by atoms with van der Waals surface area (Å²) in [5, 5.41) is 1.16. The largest absolute Gasteiger partial charge is 0.358 e. The van der Waals surface area contributed by atoms with Gasteiger partial charge in [0.25, 0.3) is 0 Å². The number of aromatic amines is 1. The van der Waals surface area contributed by atoms with Gasteiger partial charge >= 0.3 is 0 Å². The van der Waals surface area contributed by atoms with Crippen LogP contribution >= 0.6 is 0 Å². The van der Waals surface area contributed by atoms with Gasteiger partial charge in [0.15, 0.2) is 0 Å². The fourth-order valence-corrected chi connectivity index (χ4v) is 2.23. The fraction of sp³-hybridized carbons (Fsp3) is 0.0714. The summed E-state index contributed by atoms with van der Waals surface area (Å²) in [5.41, 5.74) is 5.41. The van der Waals surface area contributed by atoms with Crippen LogP contribution < -0.4 is 5.46 Å². The summed E-state index contributed by atoms with van der Waals surface area (Å²) in [7, 11) is 5.85. The van der Waals surface area contributed by atoms with Gasteiger partial charge in [0.1, 0.15) is 7.85 Å². The molecule has 0 aliphatic carbocycles. The Morgan fingerprint density at radius 2 is 1.88 bits per heavy atom. The molecule has 2 aromatic heterocycles. The van der Waals surface area contributed by atoms with Gasteiger partial charge in [-0.2, -0.15) is 0 Å². The van der Waals surface area contributed by atoms with Crippen LogP contribution in [0.2, 0.25) is 0 Å². The Balaban J connectivity index is 2.35. The normalized spacial score (nSPS) is 10.9. The lowest BCUT2D eigenvalue weighted by Crippen LogP contribution is -1.99. The summed E-state index contributed by atoms with van der Waals surface area (Å²) in [6.07, 6.45) is 3.61. The van der Waals surface area contributed by atoms with E-state index in [1.807, 2.05) is 30.3 Å². The Morgan fingerprint density at radius 3 is 2.65 bits per heavy atom. The number of benzene rings is 1. The molecule has 0 aliphatic rings. The molecule has 0 spiro atoms. The van der Waals surface area contributed by atoms with Gasteiger partial charge in [0.2, 0.25) is 0 Å². The summed E-state index contributed by atoms with van der Waals surface area (Å²) >= 11 is 0. The zero-order valence-electron chi connectivity index (χ0n) is 9.57. The number of fused-ring (bicyclic) bond motifs is 1. The molecule has 0 amide bonds. The monoisotopic (exact) mass is 218 g/mol. The number of nitrogens with one attached hydrogen (secondary N) is 1. The van der Waals surface area contributed by atoms with E-state index in [0.29, 0.717) is 0 Å². The van der Waals surface area contributed by atoms with Crippen molar-refractivity contribution < 1.29 is 0 Å². The summed E-state index contributed by atoms with van der Waals surface area (Å²) in [6.45, 7) is 2.08. The van der Waals surface area contributed by atoms with E-state index in [1.165, 1.54) is 5.56 Å². The number of hydrogen-bond donors (Lipinski definition) is 1. The minimum Gasteiger partial charge on any atom is -0.358 e. The molecule has 2 heterocycles. The lowest BCUT2D eigenvalue weighted by Gasteiger charge is -2.01. The van der Waals surface area contributed by atoms with Crippen molar-refractivity contribution in [3.8, 4) is 11.1 Å². The van der Waals surface area contributed by atoms with Crippen molar-refractivity contribution >= 4 is 24.2 Å². The van der Waals surface area contributed by atoms with E-state index in [0.717, 1.165) is 27.6 Å². The van der Waals surface area contributed by atoms with Gasteiger partial charge in [-0.1, -0.05) is 17.6 Å². The lowest BCUT2D eigenvalue weighted by molar-refractivity contribution is 1.29. The molecule has 0 saturated heterocycles. The minimum atomic E-state index is 0.784. The summed E-state index contributed by atoms with van der Waals surface area (Å²) in [6, 6.07) is 9.96. The molecule has 0 aliphatic heterocycles. The Hall–Kier alpha value is -2.03. The van der Waals surface area contributed by atoms with Crippen LogP contribution in [0, 0.1) is 6.92 Å². The van der Waals surface area contributed by atoms with E-state index in [4.69, 9.17) is 7.85 Å². The van der Waals surface area contributed by atoms with Gasteiger partial charge in [-0.15, -0.1) is 0 Å². The Labute approximate surface area is 101 Å². The van der Waals surface area contributed by atoms with Gasteiger partial charge < -0.3 is 4.98 Å². The third-order valence-corrected chi connectivity index (χ3v) is 2.98. The number of aromatic nitrogens is 2. The molecule has 17 heavy (non-hydrogen) atoms. The first-order valence-electron chi connectivity index (χ1n) is 5.54. The summed E-state index contributed by atoms with van der Waals surface area (Å²) in [4.78, 5) is 7.42. The van der Waals surface area contributed by atoms with E-state index < -0.39 is 0 Å². The Bertz CT molecular complexity index is 671. The van der Waals surface area contributed by atoms with E-state index in [2.05, 4.69) is 16.9 Å². The van der Waals surface area contributed by atoms with Crippen LogP contribution in [0.5, 0.6) is 0 Å². The maximum absolute atomic E-state index is 5.85. The highest BCUT2D eigenvalue weighted by atomic mass is 14.7. The number of hydrogen-bond acceptors (Lipinski definition) is 1. The molecule has 0 bridgehead atoms. The zero-order valence-corrected chi connectivity index (χ0v) is 9.57. The van der Waals surface area contributed by atoms with Gasteiger partial charge in [-0.05, 0) is 30.7 Å². The highest BCUT2D eigenvalue weighted by Gasteiger charge is 2.09. The smallest absolute Gasteiger partial charge is 0.113 e. The first-order valence-corrected chi connectivity index (χ1v) is 5.54. The minimum absolute atomic E-state index is 0.784. The van der Waals surface area contributed by atoms with Gasteiger partial charge in [0.05, 0.1) is 0 Å². The molecular weight excluding hydrogens is 207 g/mol. The molecule has 1 aromatic carbocycles. The fourth-order valence-electron chi connectivity index (χ4n) is 2.23. The van der Waals surface area contributed by atoms with Crippen LogP contribution in [-0.4, -0.2) is 17.8 Å². The number of aryl methyl sites for hydroxylation is 1. The quantitative estimate of drug-likeness (QED) is 0.624. The topological polar surface area (TPSA) is 28.7 Å². The van der Waals surface area contributed by atoms with E-state index in [9.17, 15) is 0 Å². The van der Waals surface area contributed by atoms with Crippen molar-refractivity contribution in [2.75, 3.05) is 0 Å². The molecule has 0 atom stereocenters. The molecule has 3 heteroatoms. The highest BCUT2D eigenvalue weighted by molar-refractivity contribution is 6.33. The standard InChI is InChI=1S/C14H11BN2/c1-9-14(10-4-6-16-7-5-10)12-8-11(15)2-3-13(12)17-9/h2-8,17H,1H3. The number of rotatable bonds is 1. The average Bonchev–Trinajstić information content (AvgIpc) is 2.65. The highest BCUT2D eigenvalue weighted by Crippen LogP contribution is 2.30. The van der Waals surface area contributed by atoms with Gasteiger partial charge in [-0.3, -0.25) is 4.98 Å². The first-order chi connectivity index (χ1) is 8.25. The molecule has 3 rings (SSSR count). The van der Waals surface area contributed by atoms with Crippen molar-refractivity contribution in [2.45, 2.75) is 6.92 Å². The van der Waals surface area contributed by atoms with Crippen LogP contribution in [-0.2, 0) is 0 Å². The van der Waals surface area contributed by atoms with Crippen LogP contribution in [0.25, 0.3) is 22.0 Å². The SMILES string of the molecule is [B]c1ccc2[nH]c(C)c(-c3ccncc3)c2c1. The first kappa shape index (κ1) is 10.1. The van der Waals surface area contributed by atoms with Crippen molar-refractivity contribution in [3.05, 3.63) is 48.4 Å². The summed E-state index contributed by atoms with van der Waals surface area (Å²) < 4.78 is 0. The Kier molecular flexibility index (Phi) is 2.25. The van der Waals surface area contributed by atoms with E-state index >= 15 is 0 Å². The predicted octanol–water partition coefficient (Wildman–Crippen LogP) is 2.33. The molecule has 0 unspecified atom stereocenters. The molecule has 1 N–H and O–H groups in total. The molecule has 0 saturated carbocycles. The van der Waals surface area contributed by atoms with Crippen LogP contribution in [0.4, 0.5) is 0 Å². The third kappa shape index (κ3) is 1.64. The zero-order chi connectivity index (χ0) is 11.8. The molecule has 2 nitrogen and oxygen atoms in total. The second-order valence-corrected chi connectivity index (χ2v) is 4.17. The van der Waals surface area contributed by atoms with Crippen LogP contribution in [0.3, 0.4) is 0 Å². The molecule has 80 valence electrons. The van der Waals surface area contributed by atoms with Crippen molar-refractivity contribution in [2.24, 2.45) is 0 Å². The van der Waals surface area contributed by atoms with Crippen molar-refractivity contribution in [1.29, 1.82) is 0 Å². The summed E-state index contributed by atoms with van der Waals surface area (Å²) in [5.74, 6) is 0. The van der Waals surface area contributed by atoms with Crippen molar-refractivity contribution in [3.63, 3.8) is 0 Å². The second kappa shape index (κ2) is 3.77. The maximum atomic E-state index is 5.85. The lowest BCUT2D eigenvalue weighted by atomic mass is 9.93. The predicted molar refractivity (Wildman–Crippen MR) is 71.7 cm³/mol. The maximum Gasteiger partial charge on any atom is 0.113 e. The average molecular weight is 218 g/mol. The molecule has 2 radical (unpaired) electrons. The molecular formula is C14H11BN2. The van der Waals surface area contributed by atoms with Gasteiger partial charge in [0, 0.05) is 34.6 Å². The van der Waals surface area contributed by atoms with Gasteiger partial charge in [-0.25, -0.2) is 0 Å².